The molecular weight excluding hydrogens is 419 g/mol. The molecule has 0 bridgehead atoms. The molecule has 1 aromatic carbocycles. The molecule has 160 valence electrons. The minimum atomic E-state index is -0.320. The number of halogens is 1. The molecule has 33 heavy (non-hydrogen) atoms. The van der Waals surface area contributed by atoms with Crippen molar-refractivity contribution in [2.45, 2.75) is 13.0 Å². The van der Waals surface area contributed by atoms with E-state index >= 15 is 0 Å². The van der Waals surface area contributed by atoms with Crippen molar-refractivity contribution in [3.8, 4) is 28.6 Å². The lowest BCUT2D eigenvalue weighted by atomic mass is 10.0. The maximum Gasteiger partial charge on any atom is 0.164 e. The van der Waals surface area contributed by atoms with Crippen LogP contribution in [0.2, 0.25) is 0 Å². The number of hydrogen-bond acceptors (Lipinski definition) is 7. The number of nitrogens with zero attached hydrogens (tertiary/aromatic N) is 7. The molecule has 2 N–H and O–H groups in total. The van der Waals surface area contributed by atoms with Crippen molar-refractivity contribution >= 4 is 16.9 Å². The van der Waals surface area contributed by atoms with Crippen LogP contribution >= 0.6 is 0 Å². The fraction of sp³-hybridized carbons (Fsp3) is 0.0833. The summed E-state index contributed by atoms with van der Waals surface area (Å²) in [5, 5.41) is 14.5. The van der Waals surface area contributed by atoms with Crippen LogP contribution in [-0.4, -0.2) is 29.7 Å². The summed E-state index contributed by atoms with van der Waals surface area (Å²) in [6.45, 7) is 1.94. The number of pyridine rings is 2. The second-order valence-corrected chi connectivity index (χ2v) is 7.43. The van der Waals surface area contributed by atoms with Crippen molar-refractivity contribution < 1.29 is 4.39 Å². The van der Waals surface area contributed by atoms with Gasteiger partial charge in [-0.2, -0.15) is 10.4 Å². The van der Waals surface area contributed by atoms with Gasteiger partial charge in [0.1, 0.15) is 35.4 Å². The molecule has 8 nitrogen and oxygen atoms in total. The first-order valence-corrected chi connectivity index (χ1v) is 10.1. The summed E-state index contributed by atoms with van der Waals surface area (Å²) in [5.41, 5.74) is 9.87. The zero-order valence-electron chi connectivity index (χ0n) is 17.5. The van der Waals surface area contributed by atoms with Crippen LogP contribution in [0.5, 0.6) is 0 Å². The first kappa shape index (κ1) is 20.2. The molecule has 9 heteroatoms. The first-order valence-electron chi connectivity index (χ1n) is 10.1. The molecule has 0 spiro atoms. The van der Waals surface area contributed by atoms with Crippen LogP contribution in [0.3, 0.4) is 0 Å². The van der Waals surface area contributed by atoms with Crippen LogP contribution in [0.15, 0.2) is 67.3 Å². The minimum Gasteiger partial charge on any atom is -0.383 e. The Balaban J connectivity index is 1.66. The summed E-state index contributed by atoms with van der Waals surface area (Å²) in [6, 6.07) is 15.3. The quantitative estimate of drug-likeness (QED) is 0.449. The number of fused-ring (bicyclic) bond motifs is 1. The summed E-state index contributed by atoms with van der Waals surface area (Å²) in [5.74, 6) is -0.0595. The van der Waals surface area contributed by atoms with Crippen LogP contribution in [0, 0.1) is 17.1 Å². The van der Waals surface area contributed by atoms with E-state index in [1.165, 1.54) is 12.4 Å². The van der Waals surface area contributed by atoms with Crippen LogP contribution in [0.1, 0.15) is 24.2 Å². The Bertz CT molecular complexity index is 1540. The first-order chi connectivity index (χ1) is 16.1. The average Bonchev–Trinajstić information content (AvgIpc) is 3.25. The third kappa shape index (κ3) is 3.53. The normalized spacial score (nSPS) is 11.9. The number of nitrogens with two attached hydrogens (primary N) is 1. The number of benzene rings is 1. The molecule has 0 saturated carbocycles. The fourth-order valence-corrected chi connectivity index (χ4v) is 3.74. The smallest absolute Gasteiger partial charge is 0.164 e. The predicted octanol–water partition coefficient (Wildman–Crippen LogP) is 4.15. The fourth-order valence-electron chi connectivity index (χ4n) is 3.74. The molecule has 4 aromatic heterocycles. The Morgan fingerprint density at radius 2 is 1.94 bits per heavy atom. The van der Waals surface area contributed by atoms with Crippen LogP contribution in [-0.2, 0) is 0 Å². The van der Waals surface area contributed by atoms with Gasteiger partial charge in [-0.1, -0.05) is 24.3 Å². The van der Waals surface area contributed by atoms with Crippen LogP contribution in [0.25, 0.3) is 33.5 Å². The molecule has 4 heterocycles. The van der Waals surface area contributed by atoms with E-state index in [-0.39, 0.29) is 23.4 Å². The van der Waals surface area contributed by atoms with Gasteiger partial charge in [0.25, 0.3) is 0 Å². The standard InChI is InChI=1S/C24H17FN8/c1-14(15-9-16(12-28-11-15)18-6-2-3-7-19(18)25)33-24-21(23(27)29-13-30-24)22(32-33)20-8-4-5-17(10-26)31-20/h2-9,11-14H,1H3,(H2,27,29,30). The third-order valence-electron chi connectivity index (χ3n) is 5.42. The van der Waals surface area contributed by atoms with Gasteiger partial charge >= 0.3 is 0 Å². The largest absolute Gasteiger partial charge is 0.383 e. The minimum absolute atomic E-state index is 0.260. The molecule has 0 saturated heterocycles. The molecule has 0 aliphatic rings. The van der Waals surface area contributed by atoms with E-state index in [0.29, 0.717) is 33.5 Å². The number of aromatic nitrogens is 6. The Hall–Kier alpha value is -4.71. The molecule has 0 amide bonds. The highest BCUT2D eigenvalue weighted by atomic mass is 19.1. The molecule has 0 fully saturated rings. The SMILES string of the molecule is CC(c1cncc(-c2ccccc2F)c1)n1nc(-c2cccc(C#N)n2)c2c(N)ncnc21. The van der Waals surface area contributed by atoms with Gasteiger partial charge in [0.15, 0.2) is 5.65 Å². The summed E-state index contributed by atoms with van der Waals surface area (Å²) in [4.78, 5) is 17.2. The van der Waals surface area contributed by atoms with Gasteiger partial charge in [0, 0.05) is 23.5 Å². The molecule has 0 aliphatic heterocycles. The summed E-state index contributed by atoms with van der Waals surface area (Å²) < 4.78 is 16.0. The van der Waals surface area contributed by atoms with E-state index in [0.717, 1.165) is 5.56 Å². The van der Waals surface area contributed by atoms with Crippen LogP contribution < -0.4 is 5.73 Å². The second-order valence-electron chi connectivity index (χ2n) is 7.43. The van der Waals surface area contributed by atoms with E-state index in [9.17, 15) is 9.65 Å². The zero-order valence-corrected chi connectivity index (χ0v) is 17.5. The molecule has 5 rings (SSSR count). The average molecular weight is 436 g/mol. The third-order valence-corrected chi connectivity index (χ3v) is 5.42. The van der Waals surface area contributed by atoms with Gasteiger partial charge in [-0.25, -0.2) is 24.0 Å². The maximum absolute atomic E-state index is 14.3. The molecule has 5 aromatic rings. The highest BCUT2D eigenvalue weighted by Gasteiger charge is 2.22. The highest BCUT2D eigenvalue weighted by Crippen LogP contribution is 2.33. The van der Waals surface area contributed by atoms with E-state index in [1.54, 1.807) is 53.5 Å². The van der Waals surface area contributed by atoms with Crippen molar-refractivity contribution in [2.24, 2.45) is 0 Å². The van der Waals surface area contributed by atoms with Gasteiger partial charge in [0.05, 0.1) is 17.1 Å². The topological polar surface area (TPSA) is 119 Å². The molecule has 0 radical (unpaired) electrons. The monoisotopic (exact) mass is 436 g/mol. The number of rotatable bonds is 4. The number of hydrogen-bond donors (Lipinski definition) is 1. The lowest BCUT2D eigenvalue weighted by Crippen LogP contribution is -2.10. The summed E-state index contributed by atoms with van der Waals surface area (Å²) in [7, 11) is 0. The Labute approximate surface area is 188 Å². The number of nitrogen functional groups attached to an aromatic ring is 1. The zero-order chi connectivity index (χ0) is 22.9. The Morgan fingerprint density at radius 3 is 2.76 bits per heavy atom. The lowest BCUT2D eigenvalue weighted by molar-refractivity contribution is 0.578. The van der Waals surface area contributed by atoms with E-state index < -0.39 is 0 Å². The molecular formula is C24H17FN8. The predicted molar refractivity (Wildman–Crippen MR) is 121 cm³/mol. The van der Waals surface area contributed by atoms with Crippen molar-refractivity contribution in [2.75, 3.05) is 5.73 Å². The second kappa shape index (κ2) is 8.09. The number of nitriles is 1. The van der Waals surface area contributed by atoms with E-state index in [2.05, 4.69) is 19.9 Å². The van der Waals surface area contributed by atoms with Gasteiger partial charge in [-0.3, -0.25) is 4.98 Å². The van der Waals surface area contributed by atoms with Gasteiger partial charge in [-0.15, -0.1) is 0 Å². The molecule has 1 atom stereocenters. The van der Waals surface area contributed by atoms with Crippen molar-refractivity contribution in [3.05, 3.63) is 84.3 Å². The van der Waals surface area contributed by atoms with Gasteiger partial charge < -0.3 is 5.73 Å². The van der Waals surface area contributed by atoms with Gasteiger partial charge in [0.2, 0.25) is 0 Å². The molecule has 1 unspecified atom stereocenters. The van der Waals surface area contributed by atoms with Crippen molar-refractivity contribution in [1.29, 1.82) is 5.26 Å². The van der Waals surface area contributed by atoms with Crippen LogP contribution in [0.4, 0.5) is 10.2 Å². The maximum atomic E-state index is 14.3. The Morgan fingerprint density at radius 1 is 1.09 bits per heavy atom. The van der Waals surface area contributed by atoms with E-state index in [4.69, 9.17) is 10.8 Å². The van der Waals surface area contributed by atoms with Crippen molar-refractivity contribution in [3.63, 3.8) is 0 Å². The van der Waals surface area contributed by atoms with Crippen molar-refractivity contribution in [1.82, 2.24) is 29.7 Å². The van der Waals surface area contributed by atoms with Gasteiger partial charge in [-0.05, 0) is 36.8 Å². The summed E-state index contributed by atoms with van der Waals surface area (Å²) >= 11 is 0. The highest BCUT2D eigenvalue weighted by molar-refractivity contribution is 5.97. The van der Waals surface area contributed by atoms with E-state index in [1.807, 2.05) is 19.1 Å². The summed E-state index contributed by atoms with van der Waals surface area (Å²) in [6.07, 6.45) is 4.71. The lowest BCUT2D eigenvalue weighted by Gasteiger charge is -2.14. The Kier molecular flexibility index (Phi) is 4.95. The number of anilines is 1. The molecule has 0 aliphatic carbocycles.